The van der Waals surface area contributed by atoms with Crippen LogP contribution in [0.3, 0.4) is 0 Å². The molecule has 0 saturated carbocycles. The average Bonchev–Trinajstić information content (AvgIpc) is 3.02. The summed E-state index contributed by atoms with van der Waals surface area (Å²) >= 11 is 0. The predicted octanol–water partition coefficient (Wildman–Crippen LogP) is 3.64. The molecule has 9 heteroatoms. The lowest BCUT2D eigenvalue weighted by Crippen LogP contribution is -2.30. The Bertz CT molecular complexity index is 885. The van der Waals surface area contributed by atoms with Crippen LogP contribution in [0.4, 0.5) is 14.6 Å². The molecule has 27 heavy (non-hydrogen) atoms. The molecule has 0 aromatic carbocycles. The number of alkyl halides is 2. The normalized spacial score (nSPS) is 18.0. The van der Waals surface area contributed by atoms with E-state index in [1.807, 2.05) is 13.8 Å². The molecule has 4 N–H and O–H groups in total. The predicted molar refractivity (Wildman–Crippen MR) is 101 cm³/mol. The number of fused-ring (bicyclic) bond motifs is 1. The lowest BCUT2D eigenvalue weighted by Gasteiger charge is -2.28. The third-order valence-electron chi connectivity index (χ3n) is 4.92. The minimum atomic E-state index is -2.68. The summed E-state index contributed by atoms with van der Waals surface area (Å²) in [6.45, 7) is 6.07. The molecule has 3 rings (SSSR count). The number of halogens is 2. The third-order valence-corrected chi connectivity index (χ3v) is 4.92. The average molecular weight is 377 g/mol. The van der Waals surface area contributed by atoms with Crippen molar-refractivity contribution in [2.24, 2.45) is 11.7 Å². The molecule has 1 aliphatic carbocycles. The van der Waals surface area contributed by atoms with E-state index in [1.54, 1.807) is 6.92 Å². The van der Waals surface area contributed by atoms with Gasteiger partial charge in [0.25, 0.3) is 6.43 Å². The number of nitrogens with two attached hydrogens (primary N) is 1. The minimum Gasteiger partial charge on any atom is -0.402 e. The third kappa shape index (κ3) is 3.63. The summed E-state index contributed by atoms with van der Waals surface area (Å²) in [5, 5.41) is 11.6. The highest BCUT2D eigenvalue weighted by Crippen LogP contribution is 2.30. The molecule has 0 aliphatic heterocycles. The standard InChI is InChI=1S/C18H25F2N7/c1-4-27-17-14(26-18(27)15(19)20)16(23-8-24-17)25-10-5-6-12(21)11(7-10)13(22)9(2)3/h8-10,15,22H,4-7,21H2,1-3H3,(H,23,24,25). The lowest BCUT2D eigenvalue weighted by molar-refractivity contribution is 0.136. The molecule has 0 spiro atoms. The van der Waals surface area contributed by atoms with Crippen molar-refractivity contribution in [1.29, 1.82) is 5.41 Å². The van der Waals surface area contributed by atoms with Gasteiger partial charge in [0, 0.05) is 24.0 Å². The van der Waals surface area contributed by atoms with Crippen LogP contribution in [0.1, 0.15) is 52.3 Å². The Morgan fingerprint density at radius 2 is 2.15 bits per heavy atom. The van der Waals surface area contributed by atoms with E-state index < -0.39 is 6.43 Å². The molecule has 0 radical (unpaired) electrons. The Labute approximate surface area is 156 Å². The van der Waals surface area contributed by atoms with Crippen molar-refractivity contribution in [3.63, 3.8) is 0 Å². The van der Waals surface area contributed by atoms with E-state index in [4.69, 9.17) is 11.1 Å². The maximum atomic E-state index is 13.3. The molecule has 0 amide bonds. The van der Waals surface area contributed by atoms with Crippen LogP contribution in [0, 0.1) is 11.3 Å². The van der Waals surface area contributed by atoms with E-state index in [9.17, 15) is 8.78 Å². The van der Waals surface area contributed by atoms with Crippen LogP contribution in [-0.2, 0) is 6.54 Å². The summed E-state index contributed by atoms with van der Waals surface area (Å²) in [7, 11) is 0. The van der Waals surface area contributed by atoms with Gasteiger partial charge in [-0.25, -0.2) is 23.7 Å². The molecule has 1 atom stereocenters. The number of anilines is 1. The summed E-state index contributed by atoms with van der Waals surface area (Å²) in [4.78, 5) is 12.5. The number of hydrogen-bond acceptors (Lipinski definition) is 6. The van der Waals surface area contributed by atoms with Crippen molar-refractivity contribution >= 4 is 22.7 Å². The molecule has 146 valence electrons. The number of imidazole rings is 1. The van der Waals surface area contributed by atoms with Crippen LogP contribution in [0.2, 0.25) is 0 Å². The second-order valence-electron chi connectivity index (χ2n) is 7.07. The molecule has 0 bridgehead atoms. The van der Waals surface area contributed by atoms with Crippen LogP contribution in [0.25, 0.3) is 11.2 Å². The number of hydrogen-bond donors (Lipinski definition) is 3. The van der Waals surface area contributed by atoms with Crippen LogP contribution < -0.4 is 11.1 Å². The molecule has 2 heterocycles. The fraction of sp³-hybridized carbons (Fsp3) is 0.556. The van der Waals surface area contributed by atoms with Gasteiger partial charge in [-0.1, -0.05) is 13.8 Å². The smallest absolute Gasteiger partial charge is 0.295 e. The van der Waals surface area contributed by atoms with Crippen molar-refractivity contribution in [3.8, 4) is 0 Å². The topological polar surface area (TPSA) is 106 Å². The Kier molecular flexibility index (Phi) is 5.38. The quantitative estimate of drug-likeness (QED) is 0.667. The van der Waals surface area contributed by atoms with Crippen molar-refractivity contribution < 1.29 is 8.78 Å². The maximum absolute atomic E-state index is 13.3. The van der Waals surface area contributed by atoms with Crippen molar-refractivity contribution in [2.45, 2.75) is 59.0 Å². The number of rotatable bonds is 6. The Morgan fingerprint density at radius 3 is 2.78 bits per heavy atom. The number of nitrogens with zero attached hydrogens (tertiary/aromatic N) is 4. The fourth-order valence-electron chi connectivity index (χ4n) is 3.45. The van der Waals surface area contributed by atoms with Gasteiger partial charge in [-0.2, -0.15) is 0 Å². The van der Waals surface area contributed by atoms with Gasteiger partial charge in [0.05, 0.1) is 0 Å². The van der Waals surface area contributed by atoms with Crippen LogP contribution in [-0.4, -0.2) is 31.3 Å². The number of aromatic nitrogens is 4. The van der Waals surface area contributed by atoms with Crippen molar-refractivity contribution in [3.05, 3.63) is 23.4 Å². The molecule has 2 aromatic rings. The van der Waals surface area contributed by atoms with Gasteiger partial charge in [0.1, 0.15) is 6.33 Å². The van der Waals surface area contributed by atoms with Crippen molar-refractivity contribution in [1.82, 2.24) is 19.5 Å². The van der Waals surface area contributed by atoms with E-state index >= 15 is 0 Å². The lowest BCUT2D eigenvalue weighted by atomic mass is 9.86. The minimum absolute atomic E-state index is 0.00581. The SMILES string of the molecule is CCn1c(C(F)F)nc2c(NC3CCC(N)=C(C(=N)C(C)C)C3)ncnc21. The first-order valence-electron chi connectivity index (χ1n) is 9.15. The molecule has 0 saturated heterocycles. The second-order valence-corrected chi connectivity index (χ2v) is 7.07. The Hall–Kier alpha value is -2.58. The van der Waals surface area contributed by atoms with Crippen LogP contribution in [0.15, 0.2) is 17.6 Å². The van der Waals surface area contributed by atoms with Crippen molar-refractivity contribution in [2.75, 3.05) is 5.32 Å². The van der Waals surface area contributed by atoms with E-state index in [-0.39, 0.29) is 17.8 Å². The highest BCUT2D eigenvalue weighted by molar-refractivity contribution is 6.00. The van der Waals surface area contributed by atoms with E-state index in [0.29, 0.717) is 42.1 Å². The largest absolute Gasteiger partial charge is 0.402 e. The first-order valence-corrected chi connectivity index (χ1v) is 9.15. The van der Waals surface area contributed by atoms with Gasteiger partial charge in [-0.3, -0.25) is 0 Å². The van der Waals surface area contributed by atoms with E-state index in [0.717, 1.165) is 17.7 Å². The molecule has 1 aliphatic rings. The van der Waals surface area contributed by atoms with Gasteiger partial charge in [-0.15, -0.1) is 0 Å². The van der Waals surface area contributed by atoms with Crippen LogP contribution in [0.5, 0.6) is 0 Å². The molecule has 0 fully saturated rings. The Balaban J connectivity index is 1.90. The number of aryl methyl sites for hydroxylation is 1. The molecule has 1 unspecified atom stereocenters. The molecular formula is C18H25F2N7. The Morgan fingerprint density at radius 1 is 1.41 bits per heavy atom. The van der Waals surface area contributed by atoms with Gasteiger partial charge >= 0.3 is 0 Å². The summed E-state index contributed by atoms with van der Waals surface area (Å²) in [5.74, 6) is 0.234. The first kappa shape index (κ1) is 19.2. The van der Waals surface area contributed by atoms with Gasteiger partial charge in [0.15, 0.2) is 22.8 Å². The zero-order valence-electron chi connectivity index (χ0n) is 15.8. The molecule has 2 aromatic heterocycles. The molecular weight excluding hydrogens is 352 g/mol. The summed E-state index contributed by atoms with van der Waals surface area (Å²) in [5.41, 5.74) is 9.03. The van der Waals surface area contributed by atoms with E-state index in [2.05, 4.69) is 20.3 Å². The first-order chi connectivity index (χ1) is 12.8. The van der Waals surface area contributed by atoms with Crippen LogP contribution >= 0.6 is 0 Å². The summed E-state index contributed by atoms with van der Waals surface area (Å²) in [6, 6.07) is 0.00581. The highest BCUT2D eigenvalue weighted by atomic mass is 19.3. The maximum Gasteiger partial charge on any atom is 0.295 e. The second kappa shape index (κ2) is 7.58. The van der Waals surface area contributed by atoms with Gasteiger partial charge in [-0.05, 0) is 37.7 Å². The zero-order valence-corrected chi connectivity index (χ0v) is 15.8. The monoisotopic (exact) mass is 377 g/mol. The summed E-state index contributed by atoms with van der Waals surface area (Å²) in [6.07, 6.45) is 0.745. The van der Waals surface area contributed by atoms with E-state index in [1.165, 1.54) is 10.9 Å². The number of nitrogens with one attached hydrogen (secondary N) is 2. The zero-order chi connectivity index (χ0) is 19.7. The fourth-order valence-corrected chi connectivity index (χ4v) is 3.45. The summed E-state index contributed by atoms with van der Waals surface area (Å²) < 4.78 is 28.0. The highest BCUT2D eigenvalue weighted by Gasteiger charge is 2.26. The number of allylic oxidation sites excluding steroid dienone is 1. The van der Waals surface area contributed by atoms with Gasteiger partial charge < -0.3 is 21.0 Å². The van der Waals surface area contributed by atoms with Gasteiger partial charge in [0.2, 0.25) is 0 Å². The molecule has 7 nitrogen and oxygen atoms in total.